The van der Waals surface area contributed by atoms with Gasteiger partial charge < -0.3 is 14.4 Å². The van der Waals surface area contributed by atoms with Crippen molar-refractivity contribution in [2.75, 3.05) is 0 Å². The Hall–Kier alpha value is -4.17. The smallest absolute Gasteiger partial charge is 0.166 e. The number of rotatable bonds is 6. The number of hydrogen-bond acceptors (Lipinski definition) is 5. The van der Waals surface area contributed by atoms with E-state index < -0.39 is 11.4 Å². The predicted molar refractivity (Wildman–Crippen MR) is 152 cm³/mol. The number of para-hydroxylation sites is 1. The Morgan fingerprint density at radius 1 is 0.952 bits per heavy atom. The quantitative estimate of drug-likeness (QED) is 0.235. The fourth-order valence-electron chi connectivity index (χ4n) is 7.36. The van der Waals surface area contributed by atoms with Gasteiger partial charge in [0.05, 0.1) is 17.1 Å². The van der Waals surface area contributed by atoms with Crippen molar-refractivity contribution in [3.8, 4) is 22.6 Å². The standard InChI is InChI=1S/C34H28F2N4O2/c1-32(2,41)30-37-14-20(15-38-30)22-12-26-25(13-23(22)35)39-31-34-16-33(34,17-34)29(40(26)31)21-5-3-4-6-27(21)42-28-10-9-19(11-24(28)36)18-7-8-18/h3-6,9-15,18,29,41H,7-8,16-17H2,1-2H3/t29-,33?,34?/m0/s1. The van der Waals surface area contributed by atoms with E-state index in [1.54, 1.807) is 38.4 Å². The second-order valence-corrected chi connectivity index (χ2v) is 13.1. The van der Waals surface area contributed by atoms with Crippen LogP contribution in [0.1, 0.15) is 74.3 Å². The molecule has 8 heteroatoms. The molecule has 42 heavy (non-hydrogen) atoms. The molecule has 1 N–H and O–H groups in total. The third-order valence-corrected chi connectivity index (χ3v) is 9.87. The summed E-state index contributed by atoms with van der Waals surface area (Å²) in [6, 6.07) is 16.4. The Labute approximate surface area is 241 Å². The van der Waals surface area contributed by atoms with Crippen molar-refractivity contribution in [2.45, 2.75) is 62.5 Å². The van der Waals surface area contributed by atoms with Gasteiger partial charge in [-0.15, -0.1) is 0 Å². The molecule has 3 saturated carbocycles. The molecule has 0 amide bonds. The summed E-state index contributed by atoms with van der Waals surface area (Å²) < 4.78 is 39.1. The highest BCUT2D eigenvalue weighted by Gasteiger charge is 2.92. The van der Waals surface area contributed by atoms with E-state index >= 15 is 8.78 Å². The van der Waals surface area contributed by atoms with Crippen molar-refractivity contribution in [3.05, 3.63) is 101 Å². The maximum absolute atomic E-state index is 15.5. The summed E-state index contributed by atoms with van der Waals surface area (Å²) in [7, 11) is 0. The second-order valence-electron chi connectivity index (χ2n) is 13.1. The molecule has 4 aliphatic rings. The van der Waals surface area contributed by atoms with Crippen molar-refractivity contribution < 1.29 is 18.6 Å². The Bertz CT molecular complexity index is 1950. The monoisotopic (exact) mass is 562 g/mol. The molecule has 1 aliphatic heterocycles. The molecule has 0 saturated heterocycles. The van der Waals surface area contributed by atoms with E-state index in [9.17, 15) is 5.11 Å². The minimum absolute atomic E-state index is 0.00900. The van der Waals surface area contributed by atoms with E-state index in [1.807, 2.05) is 30.3 Å². The highest BCUT2D eigenvalue weighted by molar-refractivity contribution is 5.85. The van der Waals surface area contributed by atoms with Crippen LogP contribution in [0.15, 0.2) is 67.0 Å². The van der Waals surface area contributed by atoms with Crippen LogP contribution in [0.2, 0.25) is 0 Å². The Morgan fingerprint density at radius 3 is 2.43 bits per heavy atom. The number of ether oxygens (including phenoxy) is 1. The Kier molecular flexibility index (Phi) is 4.54. The first-order valence-corrected chi connectivity index (χ1v) is 14.5. The van der Waals surface area contributed by atoms with Crippen molar-refractivity contribution in [1.29, 1.82) is 0 Å². The zero-order valence-electron chi connectivity index (χ0n) is 23.2. The molecular formula is C34H28F2N4O2. The van der Waals surface area contributed by atoms with Crippen molar-refractivity contribution in [2.24, 2.45) is 5.41 Å². The summed E-state index contributed by atoms with van der Waals surface area (Å²) in [6.45, 7) is 3.22. The van der Waals surface area contributed by atoms with Gasteiger partial charge in [-0.1, -0.05) is 24.3 Å². The molecule has 5 aromatic rings. The summed E-state index contributed by atoms with van der Waals surface area (Å²) in [6.07, 6.45) is 7.38. The van der Waals surface area contributed by atoms with Crippen LogP contribution in [0.25, 0.3) is 22.2 Å². The average molecular weight is 563 g/mol. The molecule has 1 atom stereocenters. The van der Waals surface area contributed by atoms with Crippen LogP contribution in [-0.2, 0) is 11.0 Å². The van der Waals surface area contributed by atoms with Crippen LogP contribution in [0, 0.1) is 17.0 Å². The van der Waals surface area contributed by atoms with E-state index in [0.717, 1.165) is 48.2 Å². The van der Waals surface area contributed by atoms with E-state index in [1.165, 1.54) is 6.07 Å². The van der Waals surface area contributed by atoms with E-state index in [0.29, 0.717) is 28.3 Å². The molecule has 2 aromatic heterocycles. The highest BCUT2D eigenvalue weighted by Crippen LogP contribution is 2.93. The maximum Gasteiger partial charge on any atom is 0.166 e. The second kappa shape index (κ2) is 7.81. The number of fused-ring (bicyclic) bond motifs is 3. The van der Waals surface area contributed by atoms with Gasteiger partial charge in [-0.25, -0.2) is 23.7 Å². The van der Waals surface area contributed by atoms with E-state index in [-0.39, 0.29) is 34.3 Å². The minimum Gasteiger partial charge on any atom is -0.454 e. The molecule has 6 nitrogen and oxygen atoms in total. The number of hydrogen-bond donors (Lipinski definition) is 1. The third-order valence-electron chi connectivity index (χ3n) is 9.87. The first-order chi connectivity index (χ1) is 20.2. The van der Waals surface area contributed by atoms with Crippen molar-refractivity contribution in [1.82, 2.24) is 19.5 Å². The lowest BCUT2D eigenvalue weighted by Gasteiger charge is -2.27. The molecule has 3 aliphatic carbocycles. The number of benzene rings is 3. The van der Waals surface area contributed by atoms with Gasteiger partial charge >= 0.3 is 0 Å². The predicted octanol–water partition coefficient (Wildman–Crippen LogP) is 7.30. The van der Waals surface area contributed by atoms with Crippen LogP contribution >= 0.6 is 0 Å². The van der Waals surface area contributed by atoms with Crippen LogP contribution in [0.4, 0.5) is 8.78 Å². The maximum atomic E-state index is 15.5. The lowest BCUT2D eigenvalue weighted by Crippen LogP contribution is -2.19. The summed E-state index contributed by atoms with van der Waals surface area (Å²) in [5.41, 5.74) is 3.21. The largest absolute Gasteiger partial charge is 0.454 e. The number of halogens is 2. The molecule has 3 heterocycles. The van der Waals surface area contributed by atoms with Gasteiger partial charge in [0.15, 0.2) is 17.4 Å². The number of aromatic nitrogens is 4. The van der Waals surface area contributed by atoms with E-state index in [2.05, 4.69) is 20.6 Å². The number of aliphatic hydroxyl groups is 1. The number of nitrogens with zero attached hydrogens (tertiary/aromatic N) is 4. The van der Waals surface area contributed by atoms with Gasteiger partial charge in [-0.2, -0.15) is 0 Å². The SMILES string of the molecule is CC(C)(O)c1ncc(-c2cc3c(cc2F)nc2n3[C@@H](c3ccccc3Oc3ccc(C4CC4)cc3F)C34CC23C4)cn1. The van der Waals surface area contributed by atoms with Crippen LogP contribution in [0.5, 0.6) is 11.5 Å². The highest BCUT2D eigenvalue weighted by atomic mass is 19.1. The van der Waals surface area contributed by atoms with E-state index in [4.69, 9.17) is 9.72 Å². The van der Waals surface area contributed by atoms with Gasteiger partial charge in [0.2, 0.25) is 0 Å². The molecule has 9 rings (SSSR count). The molecule has 3 aromatic carbocycles. The lowest BCUT2D eigenvalue weighted by atomic mass is 9.94. The Morgan fingerprint density at radius 2 is 1.71 bits per heavy atom. The zero-order valence-corrected chi connectivity index (χ0v) is 23.2. The molecule has 0 radical (unpaired) electrons. The van der Waals surface area contributed by atoms with Crippen LogP contribution in [0.3, 0.4) is 0 Å². The van der Waals surface area contributed by atoms with Crippen LogP contribution in [-0.4, -0.2) is 24.6 Å². The molecule has 0 unspecified atom stereocenters. The fraction of sp³-hybridized carbons (Fsp3) is 0.324. The summed E-state index contributed by atoms with van der Waals surface area (Å²) in [5.74, 6) is 1.81. The van der Waals surface area contributed by atoms with Gasteiger partial charge in [-0.3, -0.25) is 0 Å². The van der Waals surface area contributed by atoms with Crippen LogP contribution < -0.4 is 4.74 Å². The molecule has 0 spiro atoms. The molecule has 3 fully saturated rings. The fourth-order valence-corrected chi connectivity index (χ4v) is 7.36. The minimum atomic E-state index is -1.20. The van der Waals surface area contributed by atoms with Crippen molar-refractivity contribution >= 4 is 11.0 Å². The van der Waals surface area contributed by atoms with Gasteiger partial charge in [-0.05, 0) is 75.3 Å². The summed E-state index contributed by atoms with van der Waals surface area (Å²) in [4.78, 5) is 13.5. The zero-order chi connectivity index (χ0) is 28.6. The summed E-state index contributed by atoms with van der Waals surface area (Å²) >= 11 is 0. The molecule has 210 valence electrons. The van der Waals surface area contributed by atoms with Crippen molar-refractivity contribution in [3.63, 3.8) is 0 Å². The summed E-state index contributed by atoms with van der Waals surface area (Å²) in [5, 5.41) is 10.2. The molecule has 0 bridgehead atoms. The third kappa shape index (κ3) is 3.24. The van der Waals surface area contributed by atoms with Gasteiger partial charge in [0.25, 0.3) is 0 Å². The lowest BCUT2D eigenvalue weighted by molar-refractivity contribution is 0.0687. The van der Waals surface area contributed by atoms with Gasteiger partial charge in [0, 0.05) is 46.0 Å². The Balaban J connectivity index is 1.15. The average Bonchev–Trinajstić information content (AvgIpc) is 3.89. The molecular weight excluding hydrogens is 534 g/mol. The normalized spacial score (nSPS) is 25.2. The first kappa shape index (κ1) is 24.4. The first-order valence-electron chi connectivity index (χ1n) is 14.5. The number of imidazole rings is 1. The topological polar surface area (TPSA) is 73.1 Å². The van der Waals surface area contributed by atoms with Gasteiger partial charge in [0.1, 0.15) is 23.0 Å².